The maximum absolute atomic E-state index is 12.2. The molecule has 2 heterocycles. The van der Waals surface area contributed by atoms with Crippen LogP contribution in [-0.2, 0) is 7.05 Å². The number of aryl methyl sites for hydroxylation is 1. The lowest BCUT2D eigenvalue weighted by Gasteiger charge is -2.05. The van der Waals surface area contributed by atoms with Gasteiger partial charge < -0.3 is 9.55 Å². The lowest BCUT2D eigenvalue weighted by Crippen LogP contribution is -2.02. The molecule has 0 unspecified atom stereocenters. The van der Waals surface area contributed by atoms with Crippen molar-refractivity contribution in [1.29, 1.82) is 0 Å². The van der Waals surface area contributed by atoms with E-state index in [0.717, 1.165) is 22.2 Å². The second-order valence-electron chi connectivity index (χ2n) is 5.29. The van der Waals surface area contributed by atoms with Crippen molar-refractivity contribution in [2.45, 2.75) is 0 Å². The molecule has 0 fully saturated rings. The average molecular weight is 274 g/mol. The minimum Gasteiger partial charge on any atom is -0.354 e. The molecular weight excluding hydrogens is 260 g/mol. The highest BCUT2D eigenvalue weighted by Crippen LogP contribution is 2.24. The smallest absolute Gasteiger partial charge is 0.190 e. The summed E-state index contributed by atoms with van der Waals surface area (Å²) >= 11 is 0. The quantitative estimate of drug-likeness (QED) is 0.565. The highest BCUT2D eigenvalue weighted by atomic mass is 16.1. The zero-order valence-corrected chi connectivity index (χ0v) is 11.6. The molecule has 2 aromatic carbocycles. The van der Waals surface area contributed by atoms with Gasteiger partial charge in [0.05, 0.1) is 0 Å². The van der Waals surface area contributed by atoms with Crippen LogP contribution in [0.15, 0.2) is 65.6 Å². The number of benzene rings is 2. The van der Waals surface area contributed by atoms with E-state index in [-0.39, 0.29) is 5.43 Å². The molecule has 0 saturated carbocycles. The van der Waals surface area contributed by atoms with Crippen LogP contribution in [0.1, 0.15) is 0 Å². The highest BCUT2D eigenvalue weighted by molar-refractivity contribution is 5.87. The first-order valence-corrected chi connectivity index (χ1v) is 6.90. The number of hydrogen-bond donors (Lipinski definition) is 1. The standard InChI is InChI=1S/C18H14N2O/c1-20-9-8-13-10-12(6-7-17(13)20)16-11-18(21)14-4-2-3-5-15(14)19-16/h2-11H,1H3,(H,19,21). The minimum atomic E-state index is 0.0486. The lowest BCUT2D eigenvalue weighted by atomic mass is 10.1. The Hall–Kier alpha value is -2.81. The first-order chi connectivity index (χ1) is 10.2. The van der Waals surface area contributed by atoms with Gasteiger partial charge >= 0.3 is 0 Å². The van der Waals surface area contributed by atoms with Gasteiger partial charge in [-0.1, -0.05) is 18.2 Å². The number of H-pyrrole nitrogens is 1. The molecule has 0 bridgehead atoms. The number of rotatable bonds is 1. The second-order valence-corrected chi connectivity index (χ2v) is 5.29. The van der Waals surface area contributed by atoms with Crippen LogP contribution in [-0.4, -0.2) is 9.55 Å². The first-order valence-electron chi connectivity index (χ1n) is 6.90. The minimum absolute atomic E-state index is 0.0486. The summed E-state index contributed by atoms with van der Waals surface area (Å²) in [5.41, 5.74) is 3.98. The summed E-state index contributed by atoms with van der Waals surface area (Å²) < 4.78 is 2.09. The van der Waals surface area contributed by atoms with Crippen LogP contribution in [0.2, 0.25) is 0 Å². The molecule has 0 aliphatic carbocycles. The predicted octanol–water partition coefficient (Wildman–Crippen LogP) is 3.69. The van der Waals surface area contributed by atoms with Crippen molar-refractivity contribution in [3.05, 3.63) is 71.0 Å². The average Bonchev–Trinajstić information content (AvgIpc) is 2.88. The van der Waals surface area contributed by atoms with E-state index >= 15 is 0 Å². The van der Waals surface area contributed by atoms with Gasteiger partial charge in [-0.3, -0.25) is 4.79 Å². The monoisotopic (exact) mass is 274 g/mol. The van der Waals surface area contributed by atoms with E-state index < -0.39 is 0 Å². The lowest BCUT2D eigenvalue weighted by molar-refractivity contribution is 0.969. The predicted molar refractivity (Wildman–Crippen MR) is 86.5 cm³/mol. The van der Waals surface area contributed by atoms with Gasteiger partial charge in [0.2, 0.25) is 0 Å². The Balaban J connectivity index is 1.97. The third-order valence-corrected chi connectivity index (χ3v) is 3.93. The van der Waals surface area contributed by atoms with E-state index in [1.807, 2.05) is 43.6 Å². The topological polar surface area (TPSA) is 37.8 Å². The summed E-state index contributed by atoms with van der Waals surface area (Å²) in [5.74, 6) is 0. The van der Waals surface area contributed by atoms with Crippen molar-refractivity contribution in [3.8, 4) is 11.3 Å². The SMILES string of the molecule is Cn1ccc2cc(-c3cc(=O)c4ccccc4[nH]3)ccc21. The van der Waals surface area contributed by atoms with Crippen molar-refractivity contribution in [1.82, 2.24) is 9.55 Å². The fourth-order valence-electron chi connectivity index (χ4n) is 2.80. The van der Waals surface area contributed by atoms with Gasteiger partial charge in [-0.25, -0.2) is 0 Å². The third-order valence-electron chi connectivity index (χ3n) is 3.93. The van der Waals surface area contributed by atoms with Crippen LogP contribution in [0.3, 0.4) is 0 Å². The molecule has 0 aliphatic heterocycles. The molecule has 2 aromatic heterocycles. The van der Waals surface area contributed by atoms with Crippen LogP contribution < -0.4 is 5.43 Å². The Morgan fingerprint density at radius 2 is 1.86 bits per heavy atom. The Labute approximate surface area is 121 Å². The molecule has 0 amide bonds. The fourth-order valence-corrected chi connectivity index (χ4v) is 2.80. The van der Waals surface area contributed by atoms with E-state index in [9.17, 15) is 4.79 Å². The Bertz CT molecular complexity index is 1020. The van der Waals surface area contributed by atoms with Gasteiger partial charge in [-0.05, 0) is 35.9 Å². The van der Waals surface area contributed by atoms with Gasteiger partial charge in [0.25, 0.3) is 0 Å². The number of fused-ring (bicyclic) bond motifs is 2. The van der Waals surface area contributed by atoms with Crippen LogP contribution >= 0.6 is 0 Å². The molecular formula is C18H14N2O. The maximum Gasteiger partial charge on any atom is 0.190 e. The van der Waals surface area contributed by atoms with Crippen LogP contribution in [0, 0.1) is 0 Å². The summed E-state index contributed by atoms with van der Waals surface area (Å²) in [4.78, 5) is 15.6. The summed E-state index contributed by atoms with van der Waals surface area (Å²) in [6.45, 7) is 0. The number of aromatic amines is 1. The molecule has 0 radical (unpaired) electrons. The van der Waals surface area contributed by atoms with E-state index in [1.165, 1.54) is 10.9 Å². The number of hydrogen-bond acceptors (Lipinski definition) is 1. The van der Waals surface area contributed by atoms with Crippen molar-refractivity contribution in [2.75, 3.05) is 0 Å². The molecule has 3 heteroatoms. The van der Waals surface area contributed by atoms with E-state index in [0.29, 0.717) is 0 Å². The molecule has 0 aliphatic rings. The fraction of sp³-hybridized carbons (Fsp3) is 0.0556. The van der Waals surface area contributed by atoms with Crippen molar-refractivity contribution >= 4 is 21.8 Å². The van der Waals surface area contributed by atoms with Crippen molar-refractivity contribution < 1.29 is 0 Å². The summed E-state index contributed by atoms with van der Waals surface area (Å²) in [7, 11) is 2.03. The zero-order valence-electron chi connectivity index (χ0n) is 11.6. The van der Waals surface area contributed by atoms with Crippen molar-refractivity contribution in [2.24, 2.45) is 7.05 Å². The van der Waals surface area contributed by atoms with Gasteiger partial charge in [-0.2, -0.15) is 0 Å². The molecule has 21 heavy (non-hydrogen) atoms. The number of nitrogens with one attached hydrogen (secondary N) is 1. The summed E-state index contributed by atoms with van der Waals surface area (Å²) in [6.07, 6.45) is 2.04. The van der Waals surface area contributed by atoms with Crippen LogP contribution in [0.5, 0.6) is 0 Å². The molecule has 0 saturated heterocycles. The van der Waals surface area contributed by atoms with Gasteiger partial charge in [0.15, 0.2) is 5.43 Å². The Kier molecular flexibility index (Phi) is 2.48. The van der Waals surface area contributed by atoms with Gasteiger partial charge in [-0.15, -0.1) is 0 Å². The molecule has 0 spiro atoms. The van der Waals surface area contributed by atoms with Crippen LogP contribution in [0.25, 0.3) is 33.1 Å². The summed E-state index contributed by atoms with van der Waals surface area (Å²) in [6, 6.07) is 17.6. The molecule has 1 N–H and O–H groups in total. The maximum atomic E-state index is 12.2. The normalized spacial score (nSPS) is 11.3. The van der Waals surface area contributed by atoms with E-state index in [2.05, 4.69) is 27.8 Å². The van der Waals surface area contributed by atoms with Crippen LogP contribution in [0.4, 0.5) is 0 Å². The van der Waals surface area contributed by atoms with Gasteiger partial charge in [0.1, 0.15) is 0 Å². The Morgan fingerprint density at radius 3 is 2.76 bits per heavy atom. The zero-order chi connectivity index (χ0) is 14.4. The number of pyridine rings is 1. The first kappa shape index (κ1) is 12.0. The number of para-hydroxylation sites is 1. The molecule has 4 rings (SSSR count). The largest absolute Gasteiger partial charge is 0.354 e. The second kappa shape index (κ2) is 4.35. The highest BCUT2D eigenvalue weighted by Gasteiger charge is 2.05. The number of nitrogens with zero attached hydrogens (tertiary/aromatic N) is 1. The van der Waals surface area contributed by atoms with E-state index in [4.69, 9.17) is 0 Å². The van der Waals surface area contributed by atoms with Gasteiger partial charge in [0, 0.05) is 46.8 Å². The Morgan fingerprint density at radius 1 is 1.00 bits per heavy atom. The molecule has 4 aromatic rings. The molecule has 3 nitrogen and oxygen atoms in total. The summed E-state index contributed by atoms with van der Waals surface area (Å²) in [5, 5.41) is 1.89. The van der Waals surface area contributed by atoms with Crippen molar-refractivity contribution in [3.63, 3.8) is 0 Å². The number of aromatic nitrogens is 2. The third kappa shape index (κ3) is 1.86. The molecule has 102 valence electrons. The van der Waals surface area contributed by atoms with E-state index in [1.54, 1.807) is 6.07 Å². The molecule has 0 atom stereocenters.